The molecule has 0 radical (unpaired) electrons. The summed E-state index contributed by atoms with van der Waals surface area (Å²) in [5.41, 5.74) is 0. The Balaban J connectivity index is 1.56. The zero-order valence-electron chi connectivity index (χ0n) is 19.9. The predicted octanol–water partition coefficient (Wildman–Crippen LogP) is 9.62. The summed E-state index contributed by atoms with van der Waals surface area (Å²) >= 11 is 0. The lowest BCUT2D eigenvalue weighted by atomic mass is 9.90. The van der Waals surface area contributed by atoms with E-state index in [1.165, 1.54) is 154 Å². The van der Waals surface area contributed by atoms with Crippen molar-refractivity contribution in [1.29, 1.82) is 0 Å². The van der Waals surface area contributed by atoms with Crippen LogP contribution >= 0.6 is 0 Å². The molecule has 0 aromatic carbocycles. The zero-order valence-corrected chi connectivity index (χ0v) is 19.9. The van der Waals surface area contributed by atoms with Crippen molar-refractivity contribution in [3.8, 4) is 0 Å². The van der Waals surface area contributed by atoms with Crippen molar-refractivity contribution in [2.45, 2.75) is 154 Å². The first-order valence-electron chi connectivity index (χ1n) is 14.0. The fourth-order valence-electron chi connectivity index (χ4n) is 5.68. The van der Waals surface area contributed by atoms with E-state index in [1.807, 2.05) is 0 Å². The van der Waals surface area contributed by atoms with E-state index in [-0.39, 0.29) is 0 Å². The van der Waals surface area contributed by atoms with E-state index in [0.717, 1.165) is 25.0 Å². The van der Waals surface area contributed by atoms with Crippen molar-refractivity contribution >= 4 is 0 Å². The molecule has 1 heteroatoms. The van der Waals surface area contributed by atoms with Gasteiger partial charge in [0.2, 0.25) is 0 Å². The minimum absolute atomic E-state index is 0.941. The van der Waals surface area contributed by atoms with Crippen LogP contribution in [-0.4, -0.2) is 13.2 Å². The van der Waals surface area contributed by atoms with Crippen LogP contribution in [0.3, 0.4) is 0 Å². The summed E-state index contributed by atoms with van der Waals surface area (Å²) in [5, 5.41) is 0. The molecule has 0 spiro atoms. The summed E-state index contributed by atoms with van der Waals surface area (Å²) in [5.74, 6) is 1.88. The highest BCUT2D eigenvalue weighted by molar-refractivity contribution is 4.64. The van der Waals surface area contributed by atoms with Gasteiger partial charge in [0, 0.05) is 13.2 Å². The molecule has 0 amide bonds. The third-order valence-electron chi connectivity index (χ3n) is 7.79. The quantitative estimate of drug-likeness (QED) is 0.399. The Labute approximate surface area is 184 Å². The average Bonchev–Trinajstić information content (AvgIpc) is 2.71. The van der Waals surface area contributed by atoms with Gasteiger partial charge in [-0.05, 0) is 24.7 Å². The Morgan fingerprint density at radius 1 is 0.345 bits per heavy atom. The second-order valence-corrected chi connectivity index (χ2v) is 10.4. The Morgan fingerprint density at radius 2 is 0.586 bits per heavy atom. The van der Waals surface area contributed by atoms with Crippen LogP contribution in [0.2, 0.25) is 0 Å². The van der Waals surface area contributed by atoms with Gasteiger partial charge in [-0.15, -0.1) is 0 Å². The second kappa shape index (κ2) is 18.7. The molecule has 2 aliphatic carbocycles. The van der Waals surface area contributed by atoms with E-state index >= 15 is 0 Å². The first-order valence-corrected chi connectivity index (χ1v) is 14.0. The Bertz CT molecular complexity index is 283. The zero-order chi connectivity index (χ0) is 20.2. The van der Waals surface area contributed by atoms with E-state index in [9.17, 15) is 0 Å². The third-order valence-corrected chi connectivity index (χ3v) is 7.79. The van der Waals surface area contributed by atoms with Crippen LogP contribution in [0.1, 0.15) is 154 Å². The molecular weight excluding hydrogens is 352 g/mol. The van der Waals surface area contributed by atoms with Gasteiger partial charge in [-0.1, -0.05) is 141 Å². The Hall–Kier alpha value is -0.0400. The van der Waals surface area contributed by atoms with E-state index < -0.39 is 0 Å². The molecule has 0 aromatic heterocycles. The van der Waals surface area contributed by atoms with Crippen molar-refractivity contribution in [1.82, 2.24) is 0 Å². The maximum absolute atomic E-state index is 6.18. The summed E-state index contributed by atoms with van der Waals surface area (Å²) in [7, 11) is 0. The van der Waals surface area contributed by atoms with Crippen LogP contribution < -0.4 is 0 Å². The predicted molar refractivity (Wildman–Crippen MR) is 129 cm³/mol. The first-order chi connectivity index (χ1) is 14.4. The molecule has 0 bridgehead atoms. The number of ether oxygens (including phenoxy) is 1. The van der Waals surface area contributed by atoms with E-state index in [1.54, 1.807) is 0 Å². The molecule has 2 saturated carbocycles. The molecule has 0 aromatic rings. The number of hydrogen-bond donors (Lipinski definition) is 0. The summed E-state index contributed by atoms with van der Waals surface area (Å²) in [4.78, 5) is 0. The van der Waals surface area contributed by atoms with Gasteiger partial charge >= 0.3 is 0 Å². The molecular formula is C28H54O. The van der Waals surface area contributed by atoms with Crippen molar-refractivity contribution in [3.05, 3.63) is 0 Å². The van der Waals surface area contributed by atoms with Crippen molar-refractivity contribution < 1.29 is 4.74 Å². The summed E-state index contributed by atoms with van der Waals surface area (Å²) in [6.07, 6.45) is 35.1. The SMILES string of the molecule is C1CCCCCC(CCOCCC2CCCCCCCCCCC2)CCCCC1. The molecule has 2 rings (SSSR count). The van der Waals surface area contributed by atoms with Crippen molar-refractivity contribution in [3.63, 3.8) is 0 Å². The average molecular weight is 407 g/mol. The van der Waals surface area contributed by atoms with Gasteiger partial charge in [-0.3, -0.25) is 0 Å². The van der Waals surface area contributed by atoms with Gasteiger partial charge in [0.05, 0.1) is 0 Å². The highest BCUT2D eigenvalue weighted by Gasteiger charge is 2.12. The van der Waals surface area contributed by atoms with E-state index in [4.69, 9.17) is 4.74 Å². The van der Waals surface area contributed by atoms with Crippen LogP contribution in [0.15, 0.2) is 0 Å². The molecule has 2 fully saturated rings. The summed E-state index contributed by atoms with van der Waals surface area (Å²) in [6.45, 7) is 2.05. The van der Waals surface area contributed by atoms with Crippen LogP contribution in [0.25, 0.3) is 0 Å². The number of hydrogen-bond acceptors (Lipinski definition) is 1. The van der Waals surface area contributed by atoms with Crippen LogP contribution in [0, 0.1) is 11.8 Å². The van der Waals surface area contributed by atoms with E-state index in [0.29, 0.717) is 0 Å². The molecule has 0 atom stereocenters. The van der Waals surface area contributed by atoms with Gasteiger partial charge < -0.3 is 4.74 Å². The standard InChI is InChI=1S/C28H54O/c1-3-7-11-15-19-27(20-16-12-8-4-1)23-25-29-26-24-28-21-17-13-9-5-2-6-10-14-18-22-28/h27-28H,1-26H2. The molecule has 0 N–H and O–H groups in total. The highest BCUT2D eigenvalue weighted by Crippen LogP contribution is 2.25. The smallest absolute Gasteiger partial charge is 0.0468 e. The van der Waals surface area contributed by atoms with Gasteiger partial charge in [-0.25, -0.2) is 0 Å². The van der Waals surface area contributed by atoms with Gasteiger partial charge in [-0.2, -0.15) is 0 Å². The maximum atomic E-state index is 6.18. The van der Waals surface area contributed by atoms with E-state index in [2.05, 4.69) is 0 Å². The summed E-state index contributed by atoms with van der Waals surface area (Å²) in [6, 6.07) is 0. The lowest BCUT2D eigenvalue weighted by Crippen LogP contribution is -2.10. The lowest BCUT2D eigenvalue weighted by Gasteiger charge is -2.20. The number of rotatable bonds is 6. The van der Waals surface area contributed by atoms with Gasteiger partial charge in [0.25, 0.3) is 0 Å². The normalized spacial score (nSPS) is 24.0. The highest BCUT2D eigenvalue weighted by atomic mass is 16.5. The van der Waals surface area contributed by atoms with Gasteiger partial charge in [0.1, 0.15) is 0 Å². The maximum Gasteiger partial charge on any atom is 0.0468 e. The molecule has 172 valence electrons. The van der Waals surface area contributed by atoms with Crippen LogP contribution in [-0.2, 0) is 4.74 Å². The van der Waals surface area contributed by atoms with Gasteiger partial charge in [0.15, 0.2) is 0 Å². The fourth-order valence-corrected chi connectivity index (χ4v) is 5.68. The van der Waals surface area contributed by atoms with Crippen LogP contribution in [0.5, 0.6) is 0 Å². The minimum atomic E-state index is 0.941. The molecule has 1 nitrogen and oxygen atoms in total. The summed E-state index contributed by atoms with van der Waals surface area (Å²) < 4.78 is 6.18. The molecule has 2 aliphatic rings. The lowest BCUT2D eigenvalue weighted by molar-refractivity contribution is 0.101. The Kier molecular flexibility index (Phi) is 16.3. The van der Waals surface area contributed by atoms with Crippen molar-refractivity contribution in [2.75, 3.05) is 13.2 Å². The first kappa shape index (κ1) is 25.2. The molecule has 0 unspecified atom stereocenters. The minimum Gasteiger partial charge on any atom is -0.381 e. The second-order valence-electron chi connectivity index (χ2n) is 10.4. The largest absolute Gasteiger partial charge is 0.381 e. The molecule has 0 heterocycles. The monoisotopic (exact) mass is 406 g/mol. The van der Waals surface area contributed by atoms with Crippen LogP contribution in [0.4, 0.5) is 0 Å². The topological polar surface area (TPSA) is 9.23 Å². The molecule has 0 saturated heterocycles. The third kappa shape index (κ3) is 14.6. The molecule has 0 aliphatic heterocycles. The fraction of sp³-hybridized carbons (Fsp3) is 1.00. The Morgan fingerprint density at radius 3 is 0.862 bits per heavy atom. The van der Waals surface area contributed by atoms with Crippen molar-refractivity contribution in [2.24, 2.45) is 11.8 Å². The molecule has 29 heavy (non-hydrogen) atoms.